The van der Waals surface area contributed by atoms with Gasteiger partial charge in [0.2, 0.25) is 0 Å². The number of oxazole rings is 1. The molecule has 0 fully saturated rings. The van der Waals surface area contributed by atoms with E-state index in [1.165, 1.54) is 0 Å². The number of aliphatic hydroxyl groups is 1. The minimum Gasteiger partial charge on any atom is -0.465 e. The number of rotatable bonds is 7. The van der Waals surface area contributed by atoms with Crippen LogP contribution in [0.3, 0.4) is 0 Å². The predicted octanol–water partition coefficient (Wildman–Crippen LogP) is 4.11. The third-order valence-electron chi connectivity index (χ3n) is 4.41. The molecule has 27 heavy (non-hydrogen) atoms. The zero-order chi connectivity index (χ0) is 19.3. The Kier molecular flexibility index (Phi) is 5.72. The van der Waals surface area contributed by atoms with Crippen LogP contribution in [0.2, 0.25) is 0 Å². The molecule has 0 aliphatic carbocycles. The van der Waals surface area contributed by atoms with Crippen LogP contribution in [0.25, 0.3) is 22.6 Å². The third-order valence-corrected chi connectivity index (χ3v) is 4.41. The van der Waals surface area contributed by atoms with E-state index in [1.54, 1.807) is 13.8 Å². The van der Waals surface area contributed by atoms with Gasteiger partial charge < -0.3 is 14.3 Å². The topological polar surface area (TPSA) is 72.6 Å². The van der Waals surface area contributed by atoms with Crippen molar-refractivity contribution in [3.63, 3.8) is 0 Å². The SMILES string of the molecule is CCOC(=O)[C@](C)(CO)Cc1nc(-c2ccccc2)c(-c2ccccc2)o1. The molecule has 0 amide bonds. The Bertz CT molecular complexity index is 832. The maximum atomic E-state index is 12.3. The molecular weight excluding hydrogens is 342 g/mol. The van der Waals surface area contributed by atoms with Gasteiger partial charge in [-0.2, -0.15) is 0 Å². The lowest BCUT2D eigenvalue weighted by atomic mass is 9.88. The van der Waals surface area contributed by atoms with Gasteiger partial charge in [-0.25, -0.2) is 4.98 Å². The number of aliphatic hydroxyl groups excluding tert-OH is 1. The van der Waals surface area contributed by atoms with Crippen molar-refractivity contribution in [1.82, 2.24) is 4.98 Å². The number of carbonyl (C=O) groups is 1. The van der Waals surface area contributed by atoms with E-state index >= 15 is 0 Å². The first-order valence-corrected chi connectivity index (χ1v) is 8.96. The largest absolute Gasteiger partial charge is 0.465 e. The van der Waals surface area contributed by atoms with Gasteiger partial charge in [-0.1, -0.05) is 60.7 Å². The van der Waals surface area contributed by atoms with Crippen LogP contribution in [0, 0.1) is 5.41 Å². The van der Waals surface area contributed by atoms with Gasteiger partial charge in [0.25, 0.3) is 0 Å². The van der Waals surface area contributed by atoms with Gasteiger partial charge in [0.05, 0.1) is 18.6 Å². The van der Waals surface area contributed by atoms with E-state index in [0.29, 0.717) is 17.3 Å². The van der Waals surface area contributed by atoms with Crippen LogP contribution in [-0.4, -0.2) is 29.3 Å². The minimum absolute atomic E-state index is 0.148. The number of aromatic nitrogens is 1. The molecule has 140 valence electrons. The molecule has 1 heterocycles. The smallest absolute Gasteiger partial charge is 0.314 e. The lowest BCUT2D eigenvalue weighted by Crippen LogP contribution is -2.35. The molecule has 1 atom stereocenters. The standard InChI is InChI=1S/C22H23NO4/c1-3-26-21(25)22(2,15-24)14-18-23-19(16-10-6-4-7-11-16)20(27-18)17-12-8-5-9-13-17/h4-13,24H,3,14-15H2,1-2H3/t22-/m0/s1. The molecule has 2 aromatic carbocycles. The summed E-state index contributed by atoms with van der Waals surface area (Å²) in [6, 6.07) is 19.5. The fourth-order valence-electron chi connectivity index (χ4n) is 2.85. The molecule has 0 saturated carbocycles. The second-order valence-corrected chi connectivity index (χ2v) is 6.63. The van der Waals surface area contributed by atoms with E-state index in [1.807, 2.05) is 60.7 Å². The zero-order valence-electron chi connectivity index (χ0n) is 15.5. The molecule has 0 aliphatic rings. The van der Waals surface area contributed by atoms with Gasteiger partial charge in [-0.05, 0) is 13.8 Å². The highest BCUT2D eigenvalue weighted by Crippen LogP contribution is 2.34. The van der Waals surface area contributed by atoms with Crippen LogP contribution in [0.4, 0.5) is 0 Å². The number of benzene rings is 2. The normalized spacial score (nSPS) is 13.1. The van der Waals surface area contributed by atoms with Crippen LogP contribution in [0.5, 0.6) is 0 Å². The first kappa shape index (κ1) is 18.9. The molecule has 0 radical (unpaired) electrons. The second-order valence-electron chi connectivity index (χ2n) is 6.63. The van der Waals surface area contributed by atoms with Crippen LogP contribution in [0.1, 0.15) is 19.7 Å². The van der Waals surface area contributed by atoms with Gasteiger partial charge in [0.1, 0.15) is 5.69 Å². The molecule has 1 N–H and O–H groups in total. The summed E-state index contributed by atoms with van der Waals surface area (Å²) in [5.74, 6) is 0.562. The van der Waals surface area contributed by atoms with E-state index in [4.69, 9.17) is 9.15 Å². The zero-order valence-corrected chi connectivity index (χ0v) is 15.5. The van der Waals surface area contributed by atoms with Crippen molar-refractivity contribution >= 4 is 5.97 Å². The summed E-state index contributed by atoms with van der Waals surface area (Å²) in [6.45, 7) is 3.29. The highest BCUT2D eigenvalue weighted by atomic mass is 16.5. The Morgan fingerprint density at radius 3 is 2.22 bits per heavy atom. The summed E-state index contributed by atoms with van der Waals surface area (Å²) in [4.78, 5) is 16.9. The minimum atomic E-state index is -1.11. The fourth-order valence-corrected chi connectivity index (χ4v) is 2.85. The number of hydrogen-bond acceptors (Lipinski definition) is 5. The van der Waals surface area contributed by atoms with Crippen LogP contribution >= 0.6 is 0 Å². The second kappa shape index (κ2) is 8.18. The first-order valence-electron chi connectivity index (χ1n) is 8.96. The van der Waals surface area contributed by atoms with Crippen molar-refractivity contribution in [2.75, 3.05) is 13.2 Å². The summed E-state index contributed by atoms with van der Waals surface area (Å²) in [7, 11) is 0. The molecule has 0 spiro atoms. The molecule has 1 aromatic heterocycles. The summed E-state index contributed by atoms with van der Waals surface area (Å²) >= 11 is 0. The highest BCUT2D eigenvalue weighted by Gasteiger charge is 2.37. The van der Waals surface area contributed by atoms with Crippen molar-refractivity contribution in [3.05, 3.63) is 66.6 Å². The number of carbonyl (C=O) groups excluding carboxylic acids is 1. The molecule has 0 unspecified atom stereocenters. The van der Waals surface area contributed by atoms with E-state index in [2.05, 4.69) is 4.98 Å². The lowest BCUT2D eigenvalue weighted by molar-refractivity contribution is -0.157. The van der Waals surface area contributed by atoms with Crippen molar-refractivity contribution in [2.24, 2.45) is 5.41 Å². The first-order chi connectivity index (χ1) is 13.1. The molecule has 3 rings (SSSR count). The highest BCUT2D eigenvalue weighted by molar-refractivity contribution is 5.78. The monoisotopic (exact) mass is 365 g/mol. The van der Waals surface area contributed by atoms with E-state index in [0.717, 1.165) is 11.1 Å². The van der Waals surface area contributed by atoms with Gasteiger partial charge in [0, 0.05) is 17.5 Å². The summed E-state index contributed by atoms with van der Waals surface area (Å²) in [6.07, 6.45) is 0.148. The predicted molar refractivity (Wildman–Crippen MR) is 103 cm³/mol. The Morgan fingerprint density at radius 1 is 1.07 bits per heavy atom. The summed E-state index contributed by atoms with van der Waals surface area (Å²) in [5, 5.41) is 9.78. The molecular formula is C22H23NO4. The molecule has 0 aliphatic heterocycles. The van der Waals surface area contributed by atoms with E-state index in [-0.39, 0.29) is 19.6 Å². The van der Waals surface area contributed by atoms with Crippen molar-refractivity contribution < 1.29 is 19.1 Å². The molecule has 3 aromatic rings. The number of hydrogen-bond donors (Lipinski definition) is 1. The van der Waals surface area contributed by atoms with Gasteiger partial charge in [-0.15, -0.1) is 0 Å². The quantitative estimate of drug-likeness (QED) is 0.638. The van der Waals surface area contributed by atoms with Gasteiger partial charge in [0.15, 0.2) is 11.7 Å². The Balaban J connectivity index is 2.03. The Morgan fingerprint density at radius 2 is 1.67 bits per heavy atom. The van der Waals surface area contributed by atoms with Crippen LogP contribution < -0.4 is 0 Å². The van der Waals surface area contributed by atoms with Crippen LogP contribution in [-0.2, 0) is 16.0 Å². The van der Waals surface area contributed by atoms with E-state index in [9.17, 15) is 9.90 Å². The fraction of sp³-hybridized carbons (Fsp3) is 0.273. The molecule has 5 nitrogen and oxygen atoms in total. The maximum absolute atomic E-state index is 12.3. The summed E-state index contributed by atoms with van der Waals surface area (Å²) < 4.78 is 11.2. The third kappa shape index (κ3) is 4.09. The molecule has 0 saturated heterocycles. The van der Waals surface area contributed by atoms with Gasteiger partial charge in [-0.3, -0.25) is 4.79 Å². The number of ether oxygens (including phenoxy) is 1. The van der Waals surface area contributed by atoms with Crippen molar-refractivity contribution in [2.45, 2.75) is 20.3 Å². The number of nitrogens with zero attached hydrogens (tertiary/aromatic N) is 1. The van der Waals surface area contributed by atoms with Gasteiger partial charge >= 0.3 is 5.97 Å². The van der Waals surface area contributed by atoms with Crippen LogP contribution in [0.15, 0.2) is 65.1 Å². The number of esters is 1. The van der Waals surface area contributed by atoms with E-state index < -0.39 is 11.4 Å². The maximum Gasteiger partial charge on any atom is 0.314 e. The molecule has 5 heteroatoms. The summed E-state index contributed by atoms with van der Waals surface area (Å²) in [5.41, 5.74) is 1.43. The lowest BCUT2D eigenvalue weighted by Gasteiger charge is -2.22. The van der Waals surface area contributed by atoms with Crippen molar-refractivity contribution in [1.29, 1.82) is 0 Å². The average Bonchev–Trinajstić information content (AvgIpc) is 3.13. The Hall–Kier alpha value is -2.92. The Labute approximate surface area is 158 Å². The van der Waals surface area contributed by atoms with Crippen molar-refractivity contribution in [3.8, 4) is 22.6 Å². The average molecular weight is 365 g/mol. The molecule has 0 bridgehead atoms.